The van der Waals surface area contributed by atoms with E-state index in [1.807, 2.05) is 0 Å². The Bertz CT molecular complexity index is 64.2. The van der Waals surface area contributed by atoms with Crippen molar-refractivity contribution in [2.45, 2.75) is 0 Å². The van der Waals surface area contributed by atoms with Crippen molar-refractivity contribution in [3.63, 3.8) is 0 Å². The molecule has 0 aliphatic rings. The van der Waals surface area contributed by atoms with Crippen LogP contribution in [0.5, 0.6) is 0 Å². The van der Waals surface area contributed by atoms with Crippen molar-refractivity contribution in [1.82, 2.24) is 0 Å². The molecular weight excluding hydrogens is 609 g/mol. The third-order valence-corrected chi connectivity index (χ3v) is 0. The predicted molar refractivity (Wildman–Crippen MR) is 11.7 cm³/mol. The van der Waals surface area contributed by atoms with E-state index in [2.05, 4.69) is 0 Å². The first-order valence-corrected chi connectivity index (χ1v) is 3.79. The summed E-state index contributed by atoms with van der Waals surface area (Å²) in [5, 5.41) is 0. The number of rotatable bonds is 0. The van der Waals surface area contributed by atoms with Crippen molar-refractivity contribution in [2.75, 3.05) is 0 Å². The molecule has 0 radical (unpaired) electrons. The Balaban J connectivity index is -0.000000105. The van der Waals surface area contributed by atoms with E-state index in [0.717, 1.165) is 0 Å². The summed E-state index contributed by atoms with van der Waals surface area (Å²) in [5.74, 6) is 0. The fourth-order valence-corrected chi connectivity index (χ4v) is 0. The zero-order valence-electron chi connectivity index (χ0n) is 8.36. The standard InChI is InChI=1S/3FH.3W.6H/h3*1H;;;;;;;;;/q;;;3*+1;;;;;;/p-3/i;;;;;;6*1+1. The Hall–Kier alpha value is 1.85. The van der Waals surface area contributed by atoms with E-state index in [1.165, 1.54) is 0 Å². The Morgan fingerprint density at radius 3 is 2.33 bits per heavy atom. The fraction of sp³-hybridized carbons (Fsp3) is 0. The first-order chi connectivity index (χ1) is 5.15. The van der Waals surface area contributed by atoms with E-state index in [1.54, 1.807) is 0 Å². The molecule has 0 nitrogen and oxygen atoms in total. The molecule has 0 atom stereocenters. The van der Waals surface area contributed by atoms with Gasteiger partial charge in [0.05, 0.1) is 0 Å². The maximum absolute atomic E-state index is 10.9. The normalized spacial score (nSPS) is 22.7. The summed E-state index contributed by atoms with van der Waals surface area (Å²) in [6.45, 7) is 0. The first kappa shape index (κ1) is 3.13. The molecular formula is H6F3W3. The van der Waals surface area contributed by atoms with Gasteiger partial charge in [0.1, 0.15) is 0 Å². The van der Waals surface area contributed by atoms with Crippen molar-refractivity contribution >= 4 is 0 Å². The van der Waals surface area contributed by atoms with Crippen molar-refractivity contribution in [1.29, 1.82) is 4.50 Å². The molecule has 0 heterocycles. The molecule has 0 unspecified atom stereocenters. The van der Waals surface area contributed by atoms with E-state index in [9.17, 15) is 9.47 Å². The van der Waals surface area contributed by atoms with Gasteiger partial charge in [0.15, 0.2) is 0 Å². The van der Waals surface area contributed by atoms with E-state index in [-0.39, 0.29) is 0 Å². The summed E-state index contributed by atoms with van der Waals surface area (Å²) >= 11 is -10.4. The van der Waals surface area contributed by atoms with Gasteiger partial charge < -0.3 is 0 Å². The molecule has 0 aliphatic heterocycles. The third-order valence-electron chi connectivity index (χ3n) is 0. The van der Waals surface area contributed by atoms with Crippen molar-refractivity contribution in [2.24, 2.45) is 0 Å². The SMILES string of the molecule is [2H][W]([2H])([2H])[F].[2H][W]([2H])[F].[2H][W][F]. The second kappa shape index (κ2) is 68.3. The zero-order chi connectivity index (χ0) is 10.8. The first-order valence-electron chi connectivity index (χ1n) is 2.91. The van der Waals surface area contributed by atoms with Gasteiger partial charge in [0, 0.05) is 0 Å². The van der Waals surface area contributed by atoms with Crippen LogP contribution in [-0.2, 0) is 60.0 Å². The molecule has 6 heteroatoms. The minimum absolute atomic E-state index is 2.00. The van der Waals surface area contributed by atoms with Gasteiger partial charge >= 0.3 is 74.0 Å². The van der Waals surface area contributed by atoms with Gasteiger partial charge in [-0.05, 0) is 0 Å². The van der Waals surface area contributed by atoms with Crippen molar-refractivity contribution in [3.05, 3.63) is 0 Å². The van der Waals surface area contributed by atoms with Gasteiger partial charge in [0.2, 0.25) is 0 Å². The molecule has 0 bridgehead atoms. The van der Waals surface area contributed by atoms with Gasteiger partial charge in [-0.2, -0.15) is 0 Å². The van der Waals surface area contributed by atoms with Crippen LogP contribution in [0.15, 0.2) is 0 Å². The quantitative estimate of drug-likeness (QED) is 0.348. The van der Waals surface area contributed by atoms with Gasteiger partial charge in [-0.1, -0.05) is 0 Å². The second-order valence-electron chi connectivity index (χ2n) is 0. The summed E-state index contributed by atoms with van der Waals surface area (Å²) in [6.07, 6.45) is 0. The molecule has 6 heavy (non-hydrogen) atoms. The van der Waals surface area contributed by atoms with Crippen LogP contribution in [0.4, 0.5) is 9.47 Å². The molecule has 45 valence electrons. The molecule has 0 saturated carbocycles. The van der Waals surface area contributed by atoms with Crippen LogP contribution in [0.3, 0.4) is 0 Å². The summed E-state index contributed by atoms with van der Waals surface area (Å²) in [4.78, 5) is 0. The Morgan fingerprint density at radius 1 is 2.33 bits per heavy atom. The Morgan fingerprint density at radius 2 is 2.33 bits per heavy atom. The van der Waals surface area contributed by atoms with Gasteiger partial charge in [0.25, 0.3) is 0 Å². The minimum atomic E-state index is -4.92. The monoisotopic (exact) mass is 621 g/mol. The molecule has 0 rings (SSSR count). The van der Waals surface area contributed by atoms with Crippen LogP contribution in [0.2, 0.25) is 0 Å². The maximum atomic E-state index is 10.9. The number of halogens is 3. The van der Waals surface area contributed by atoms with Gasteiger partial charge in [-0.3, -0.25) is 0 Å². The molecule has 0 saturated heterocycles. The predicted octanol–water partition coefficient (Wildman–Crippen LogP) is -0.353. The van der Waals surface area contributed by atoms with Crippen molar-refractivity contribution < 1.29 is 69.5 Å². The van der Waals surface area contributed by atoms with Crippen LogP contribution in [0.25, 0.3) is 0 Å². The molecule has 0 aromatic carbocycles. The van der Waals surface area contributed by atoms with Crippen molar-refractivity contribution in [3.8, 4) is 0 Å². The molecule has 0 fully saturated rings. The van der Waals surface area contributed by atoms with E-state index < -0.39 is 60.0 Å². The number of hydrogen-bond donors (Lipinski definition) is 0. The molecule has 0 aliphatic carbocycles. The average molecular weight is 621 g/mol. The van der Waals surface area contributed by atoms with Gasteiger partial charge in [-0.15, -0.1) is 0 Å². The van der Waals surface area contributed by atoms with Crippen LogP contribution in [0, 0.1) is 0 Å². The molecule has 0 amide bonds. The van der Waals surface area contributed by atoms with E-state index in [0.29, 0.717) is 0 Å². The summed E-state index contributed by atoms with van der Waals surface area (Å²) < 4.78 is 66.2. The number of hydrogen-bond acceptors (Lipinski definition) is 0. The van der Waals surface area contributed by atoms with E-state index >= 15 is 0 Å². The van der Waals surface area contributed by atoms with E-state index in [4.69, 9.17) is 4.50 Å². The Kier molecular flexibility index (Phi) is 35.7. The third kappa shape index (κ3) is 40.1. The average Bonchev–Trinajstić information content (AvgIpc) is 1.56. The van der Waals surface area contributed by atoms with Crippen LogP contribution in [0.1, 0.15) is 0 Å². The molecule has 0 N–H and O–H groups in total. The van der Waals surface area contributed by atoms with Crippen LogP contribution < -0.4 is 0 Å². The van der Waals surface area contributed by atoms with Gasteiger partial charge in [-0.25, -0.2) is 0 Å². The van der Waals surface area contributed by atoms with Crippen LogP contribution in [-0.4, -0.2) is 4.50 Å². The molecule has 0 aromatic heterocycles. The molecule has 0 aromatic rings. The van der Waals surface area contributed by atoms with Crippen LogP contribution >= 0.6 is 0 Å². The zero-order valence-corrected chi connectivity index (χ0v) is 11.2. The Labute approximate surface area is 73.7 Å². The summed E-state index contributed by atoms with van der Waals surface area (Å²) in [6, 6.07) is 0. The summed E-state index contributed by atoms with van der Waals surface area (Å²) in [5.41, 5.74) is 0. The fourth-order valence-electron chi connectivity index (χ4n) is 0. The summed E-state index contributed by atoms with van der Waals surface area (Å²) in [7, 11) is 0. The second-order valence-corrected chi connectivity index (χ2v) is 0. The topological polar surface area (TPSA) is 0 Å². The molecule has 0 spiro atoms.